The van der Waals surface area contributed by atoms with Crippen molar-refractivity contribution in [3.05, 3.63) is 29.3 Å². The third-order valence-corrected chi connectivity index (χ3v) is 10.6. The van der Waals surface area contributed by atoms with Gasteiger partial charge >= 0.3 is 0 Å². The Bertz CT molecular complexity index is 942. The molecule has 1 aliphatic carbocycles. The predicted molar refractivity (Wildman–Crippen MR) is 108 cm³/mol. The Morgan fingerprint density at radius 1 is 1.07 bits per heavy atom. The minimum absolute atomic E-state index is 0.0163. The lowest BCUT2D eigenvalue weighted by atomic mass is 9.79. The molecule has 0 saturated carbocycles. The van der Waals surface area contributed by atoms with Crippen LogP contribution in [0.4, 0.5) is 0 Å². The van der Waals surface area contributed by atoms with Crippen LogP contribution in [0.3, 0.4) is 0 Å². The molecule has 1 aliphatic rings. The van der Waals surface area contributed by atoms with Crippen LogP contribution >= 0.6 is 0 Å². The van der Waals surface area contributed by atoms with Crippen molar-refractivity contribution in [3.63, 3.8) is 0 Å². The lowest BCUT2D eigenvalue weighted by molar-refractivity contribution is 0.0491. The van der Waals surface area contributed by atoms with Gasteiger partial charge in [0.15, 0.2) is 14.1 Å². The van der Waals surface area contributed by atoms with Crippen LogP contribution in [-0.2, 0) is 10.8 Å². The summed E-state index contributed by atoms with van der Waals surface area (Å²) in [4.78, 5) is 12.9. The number of hydrogen-bond acceptors (Lipinski definition) is 5. The van der Waals surface area contributed by atoms with Gasteiger partial charge in [-0.1, -0.05) is 20.8 Å². The zero-order valence-corrected chi connectivity index (χ0v) is 17.8. The number of carbonyl (C=O) groups excluding carboxylic acids is 1. The summed E-state index contributed by atoms with van der Waals surface area (Å²) in [5.41, 5.74) is 0.286. The van der Waals surface area contributed by atoms with Crippen molar-refractivity contribution in [1.82, 2.24) is 0 Å². The van der Waals surface area contributed by atoms with E-state index in [2.05, 4.69) is 33.9 Å². The Balaban J connectivity index is 2.11. The second kappa shape index (κ2) is 5.97. The first-order chi connectivity index (χ1) is 12.2. The molecule has 0 spiro atoms. The summed E-state index contributed by atoms with van der Waals surface area (Å²) in [5, 5.41) is 31.3. The minimum Gasteiger partial charge on any atom is -0.508 e. The fourth-order valence-electron chi connectivity index (χ4n) is 3.73. The highest BCUT2D eigenvalue weighted by atomic mass is 28.4. The second-order valence-electron chi connectivity index (χ2n) is 9.41. The number of phenols is 3. The molecule has 27 heavy (non-hydrogen) atoms. The fraction of sp³-hybridized carbons (Fsp3) is 0.476. The molecule has 5 nitrogen and oxygen atoms in total. The SMILES string of the molecule is CC(C)(C)[Si](C)(C)O[C@@]1(C)CC(=O)c2c(cc3cc(O)cc(O)c3c2O)C1. The highest BCUT2D eigenvalue weighted by molar-refractivity contribution is 6.74. The quantitative estimate of drug-likeness (QED) is 0.639. The average Bonchev–Trinajstić information content (AvgIpc) is 2.42. The minimum atomic E-state index is -2.10. The molecule has 1 atom stereocenters. The molecule has 0 radical (unpaired) electrons. The van der Waals surface area contributed by atoms with E-state index in [1.807, 2.05) is 6.92 Å². The summed E-state index contributed by atoms with van der Waals surface area (Å²) in [7, 11) is -2.10. The van der Waals surface area contributed by atoms with Crippen molar-refractivity contribution < 1.29 is 24.5 Å². The summed E-state index contributed by atoms with van der Waals surface area (Å²) >= 11 is 0. The van der Waals surface area contributed by atoms with Gasteiger partial charge in [-0.15, -0.1) is 0 Å². The van der Waals surface area contributed by atoms with Crippen molar-refractivity contribution in [1.29, 1.82) is 0 Å². The van der Waals surface area contributed by atoms with E-state index >= 15 is 0 Å². The van der Waals surface area contributed by atoms with E-state index in [9.17, 15) is 20.1 Å². The molecule has 2 aromatic carbocycles. The zero-order chi connectivity index (χ0) is 20.4. The Labute approximate surface area is 160 Å². The number of aromatic hydroxyl groups is 3. The predicted octanol–water partition coefficient (Wildman–Crippen LogP) is 4.87. The summed E-state index contributed by atoms with van der Waals surface area (Å²) in [6.45, 7) is 12.7. The van der Waals surface area contributed by atoms with E-state index in [4.69, 9.17) is 4.43 Å². The Kier molecular flexibility index (Phi) is 4.36. The summed E-state index contributed by atoms with van der Waals surface area (Å²) in [5.74, 6) is -0.755. The molecule has 6 heteroatoms. The summed E-state index contributed by atoms with van der Waals surface area (Å²) in [6, 6.07) is 4.39. The number of carbonyl (C=O) groups is 1. The number of benzene rings is 2. The first kappa shape index (κ1) is 19.7. The Morgan fingerprint density at radius 2 is 1.70 bits per heavy atom. The molecule has 0 bridgehead atoms. The standard InChI is InChI=1S/C21H28O5Si/c1-20(2,3)27(5,6)26-21(4)10-13-7-12-8-14(22)9-15(23)17(12)19(25)18(13)16(24)11-21/h7-9,22-23,25H,10-11H2,1-6H3/t21-/m1/s1. The Morgan fingerprint density at radius 3 is 2.30 bits per heavy atom. The van der Waals surface area contributed by atoms with Gasteiger partial charge in [0, 0.05) is 18.9 Å². The molecule has 3 N–H and O–H groups in total. The molecule has 0 fully saturated rings. The molecule has 0 heterocycles. The van der Waals surface area contributed by atoms with Gasteiger partial charge in [0.2, 0.25) is 0 Å². The van der Waals surface area contributed by atoms with Crippen LogP contribution in [-0.4, -0.2) is 35.0 Å². The van der Waals surface area contributed by atoms with Crippen LogP contribution in [0.2, 0.25) is 18.1 Å². The molecular formula is C21H28O5Si. The highest BCUT2D eigenvalue weighted by Crippen LogP contribution is 2.46. The van der Waals surface area contributed by atoms with Gasteiger partial charge in [0.05, 0.1) is 16.6 Å². The molecule has 146 valence electrons. The van der Waals surface area contributed by atoms with E-state index in [0.29, 0.717) is 17.4 Å². The van der Waals surface area contributed by atoms with E-state index in [0.717, 1.165) is 6.07 Å². The molecule has 0 aliphatic heterocycles. The van der Waals surface area contributed by atoms with Crippen LogP contribution in [0.15, 0.2) is 18.2 Å². The molecule has 0 amide bonds. The zero-order valence-electron chi connectivity index (χ0n) is 16.8. The third kappa shape index (κ3) is 3.32. The van der Waals surface area contributed by atoms with Gasteiger partial charge in [-0.2, -0.15) is 0 Å². The van der Waals surface area contributed by atoms with Gasteiger partial charge < -0.3 is 19.7 Å². The van der Waals surface area contributed by atoms with Crippen LogP contribution in [0.25, 0.3) is 10.8 Å². The van der Waals surface area contributed by atoms with E-state index in [1.54, 1.807) is 6.07 Å². The first-order valence-electron chi connectivity index (χ1n) is 9.18. The third-order valence-electron chi connectivity index (χ3n) is 5.94. The number of fused-ring (bicyclic) bond motifs is 2. The highest BCUT2D eigenvalue weighted by Gasteiger charge is 2.46. The van der Waals surface area contributed by atoms with Crippen LogP contribution < -0.4 is 0 Å². The number of phenolic OH excluding ortho intramolecular Hbond substituents is 3. The molecule has 0 unspecified atom stereocenters. The summed E-state index contributed by atoms with van der Waals surface area (Å²) < 4.78 is 6.60. The van der Waals surface area contributed by atoms with Crippen molar-refractivity contribution in [2.24, 2.45) is 0 Å². The lowest BCUT2D eigenvalue weighted by Gasteiger charge is -2.45. The molecule has 0 saturated heterocycles. The van der Waals surface area contributed by atoms with Crippen molar-refractivity contribution in [2.75, 3.05) is 0 Å². The number of rotatable bonds is 2. The topological polar surface area (TPSA) is 87.0 Å². The maximum absolute atomic E-state index is 12.9. The van der Waals surface area contributed by atoms with E-state index in [1.165, 1.54) is 6.07 Å². The molecular weight excluding hydrogens is 360 g/mol. The maximum atomic E-state index is 12.9. The van der Waals surface area contributed by atoms with Crippen LogP contribution in [0.5, 0.6) is 17.2 Å². The van der Waals surface area contributed by atoms with Gasteiger partial charge in [-0.05, 0) is 48.1 Å². The summed E-state index contributed by atoms with van der Waals surface area (Å²) in [6.07, 6.45) is 0.672. The first-order valence-corrected chi connectivity index (χ1v) is 12.1. The van der Waals surface area contributed by atoms with Gasteiger partial charge in [0.1, 0.15) is 17.2 Å². The lowest BCUT2D eigenvalue weighted by Crippen LogP contribution is -2.51. The van der Waals surface area contributed by atoms with Crippen molar-refractivity contribution >= 4 is 24.9 Å². The molecule has 2 aromatic rings. The van der Waals surface area contributed by atoms with Crippen LogP contribution in [0, 0.1) is 0 Å². The normalized spacial score (nSPS) is 20.7. The smallest absolute Gasteiger partial charge is 0.192 e. The van der Waals surface area contributed by atoms with Crippen LogP contribution in [0.1, 0.15) is 50.0 Å². The number of ketones is 1. The largest absolute Gasteiger partial charge is 0.508 e. The number of hydrogen-bond donors (Lipinski definition) is 3. The molecule has 0 aromatic heterocycles. The fourth-order valence-corrected chi connectivity index (χ4v) is 5.41. The average molecular weight is 389 g/mol. The Hall–Kier alpha value is -2.05. The van der Waals surface area contributed by atoms with Crippen molar-refractivity contribution in [2.45, 2.75) is 64.3 Å². The van der Waals surface area contributed by atoms with Gasteiger partial charge in [-0.3, -0.25) is 4.79 Å². The van der Waals surface area contributed by atoms with E-state index in [-0.39, 0.29) is 45.4 Å². The maximum Gasteiger partial charge on any atom is 0.192 e. The molecule has 3 rings (SSSR count). The van der Waals surface area contributed by atoms with Gasteiger partial charge in [0.25, 0.3) is 0 Å². The monoisotopic (exact) mass is 388 g/mol. The van der Waals surface area contributed by atoms with Crippen molar-refractivity contribution in [3.8, 4) is 17.2 Å². The van der Waals surface area contributed by atoms with Gasteiger partial charge in [-0.25, -0.2) is 0 Å². The van der Waals surface area contributed by atoms with E-state index < -0.39 is 13.9 Å². The second-order valence-corrected chi connectivity index (χ2v) is 14.1. The number of Topliss-reactive ketones (excluding diaryl/α,β-unsaturated/α-hetero) is 1.